The first-order valence-electron chi connectivity index (χ1n) is 7.59. The predicted octanol–water partition coefficient (Wildman–Crippen LogP) is 2.13. The summed E-state index contributed by atoms with van der Waals surface area (Å²) in [4.78, 5) is 29.3. The highest BCUT2D eigenvalue weighted by Crippen LogP contribution is 2.24. The van der Waals surface area contributed by atoms with Gasteiger partial charge in [-0.05, 0) is 36.2 Å². The van der Waals surface area contributed by atoms with Crippen molar-refractivity contribution in [2.45, 2.75) is 13.5 Å². The number of methoxy groups -OCH3 is 2. The first kappa shape index (κ1) is 18.3. The Morgan fingerprint density at radius 1 is 1.16 bits per heavy atom. The monoisotopic (exact) mass is 344 g/mol. The van der Waals surface area contributed by atoms with Crippen LogP contribution in [0.15, 0.2) is 36.5 Å². The van der Waals surface area contributed by atoms with E-state index in [0.29, 0.717) is 22.6 Å². The first-order valence-corrected chi connectivity index (χ1v) is 7.59. The normalized spacial score (nSPS) is 10.2. The molecule has 1 aromatic carbocycles. The van der Waals surface area contributed by atoms with Crippen LogP contribution in [0.2, 0.25) is 0 Å². The third-order valence-corrected chi connectivity index (χ3v) is 3.61. The number of rotatable bonds is 7. The van der Waals surface area contributed by atoms with Crippen molar-refractivity contribution >= 4 is 11.9 Å². The summed E-state index contributed by atoms with van der Waals surface area (Å²) in [5.41, 5.74) is 1.61. The van der Waals surface area contributed by atoms with Gasteiger partial charge in [0.25, 0.3) is 5.91 Å². The Morgan fingerprint density at radius 3 is 2.32 bits per heavy atom. The van der Waals surface area contributed by atoms with Crippen LogP contribution < -0.4 is 9.47 Å². The van der Waals surface area contributed by atoms with E-state index < -0.39 is 18.4 Å². The van der Waals surface area contributed by atoms with Gasteiger partial charge in [0, 0.05) is 18.8 Å². The van der Waals surface area contributed by atoms with Crippen LogP contribution in [-0.2, 0) is 11.3 Å². The zero-order valence-electron chi connectivity index (χ0n) is 14.4. The molecule has 7 nitrogen and oxygen atoms in total. The molecule has 2 rings (SSSR count). The van der Waals surface area contributed by atoms with Gasteiger partial charge in [0.15, 0.2) is 0 Å². The second-order valence-electron chi connectivity index (χ2n) is 5.44. The number of carboxylic acid groups (broad SMARTS) is 1. The van der Waals surface area contributed by atoms with Gasteiger partial charge in [0.05, 0.1) is 14.2 Å². The van der Waals surface area contributed by atoms with Crippen LogP contribution in [0.3, 0.4) is 0 Å². The first-order chi connectivity index (χ1) is 11.9. The quantitative estimate of drug-likeness (QED) is 0.828. The fraction of sp³-hybridized carbons (Fsp3) is 0.278. The lowest BCUT2D eigenvalue weighted by Crippen LogP contribution is -2.36. The van der Waals surface area contributed by atoms with Crippen LogP contribution in [0, 0.1) is 6.92 Å². The Kier molecular flexibility index (Phi) is 5.94. The van der Waals surface area contributed by atoms with E-state index in [0.717, 1.165) is 0 Å². The third-order valence-electron chi connectivity index (χ3n) is 3.61. The number of hydrogen-bond acceptors (Lipinski definition) is 5. The van der Waals surface area contributed by atoms with E-state index in [4.69, 9.17) is 14.6 Å². The molecule has 1 aromatic heterocycles. The Hall–Kier alpha value is -3.09. The predicted molar refractivity (Wildman–Crippen MR) is 90.9 cm³/mol. The Labute approximate surface area is 145 Å². The van der Waals surface area contributed by atoms with Crippen LogP contribution in [-0.4, -0.2) is 47.6 Å². The highest BCUT2D eigenvalue weighted by Gasteiger charge is 2.22. The molecule has 0 aliphatic carbocycles. The maximum atomic E-state index is 12.8. The number of ether oxygens (including phenoxy) is 2. The molecule has 0 atom stereocenters. The van der Waals surface area contributed by atoms with Crippen molar-refractivity contribution in [3.63, 3.8) is 0 Å². The van der Waals surface area contributed by atoms with Crippen molar-refractivity contribution in [1.29, 1.82) is 0 Å². The molecule has 0 saturated heterocycles. The van der Waals surface area contributed by atoms with Gasteiger partial charge in [-0.1, -0.05) is 6.07 Å². The number of benzene rings is 1. The van der Waals surface area contributed by atoms with Crippen LogP contribution in [0.4, 0.5) is 0 Å². The van der Waals surface area contributed by atoms with Crippen LogP contribution in [0.25, 0.3) is 0 Å². The van der Waals surface area contributed by atoms with Crippen molar-refractivity contribution in [3.05, 3.63) is 53.3 Å². The van der Waals surface area contributed by atoms with E-state index in [9.17, 15) is 9.59 Å². The lowest BCUT2D eigenvalue weighted by molar-refractivity contribution is -0.137. The summed E-state index contributed by atoms with van der Waals surface area (Å²) < 4.78 is 10.4. The summed E-state index contributed by atoms with van der Waals surface area (Å²) in [5.74, 6) is -0.420. The maximum absolute atomic E-state index is 12.8. The highest BCUT2D eigenvalue weighted by atomic mass is 16.5. The number of hydrogen-bond donors (Lipinski definition) is 1. The Bertz CT molecular complexity index is 754. The van der Waals surface area contributed by atoms with E-state index in [1.807, 2.05) is 0 Å². The number of carbonyl (C=O) groups is 2. The molecule has 2 aromatic rings. The van der Waals surface area contributed by atoms with Gasteiger partial charge in [-0.15, -0.1) is 0 Å². The molecule has 0 spiro atoms. The summed E-state index contributed by atoms with van der Waals surface area (Å²) in [6, 6.07) is 8.65. The number of carbonyl (C=O) groups excluding carboxylic acids is 1. The molecule has 0 aliphatic rings. The minimum absolute atomic E-state index is 0.0920. The number of amides is 1. The van der Waals surface area contributed by atoms with Crippen molar-refractivity contribution in [3.8, 4) is 11.5 Å². The molecule has 0 radical (unpaired) electrons. The fourth-order valence-corrected chi connectivity index (χ4v) is 2.40. The number of aliphatic carboxylic acids is 1. The summed E-state index contributed by atoms with van der Waals surface area (Å²) in [6.07, 6.45) is 1.51. The van der Waals surface area contributed by atoms with Gasteiger partial charge >= 0.3 is 5.97 Å². The molecule has 1 amide bonds. The summed E-state index contributed by atoms with van der Waals surface area (Å²) in [7, 11) is 3.05. The lowest BCUT2D eigenvalue weighted by Gasteiger charge is -2.21. The topological polar surface area (TPSA) is 89.0 Å². The van der Waals surface area contributed by atoms with Crippen LogP contribution in [0.5, 0.6) is 11.5 Å². The number of pyridine rings is 1. The van der Waals surface area contributed by atoms with Crippen LogP contribution >= 0.6 is 0 Å². The van der Waals surface area contributed by atoms with Gasteiger partial charge in [0.1, 0.15) is 23.7 Å². The number of carboxylic acids is 1. The molecule has 0 saturated carbocycles. The van der Waals surface area contributed by atoms with Gasteiger partial charge in [-0.25, -0.2) is 0 Å². The molecule has 0 fully saturated rings. The molecular formula is C18H20N2O5. The van der Waals surface area contributed by atoms with Gasteiger partial charge in [0.2, 0.25) is 0 Å². The summed E-state index contributed by atoms with van der Waals surface area (Å²) in [6.45, 7) is 1.41. The zero-order chi connectivity index (χ0) is 18.4. The Morgan fingerprint density at radius 2 is 1.80 bits per heavy atom. The minimum atomic E-state index is -1.10. The van der Waals surface area contributed by atoms with Crippen molar-refractivity contribution < 1.29 is 24.2 Å². The van der Waals surface area contributed by atoms with Gasteiger partial charge in [-0.3, -0.25) is 14.6 Å². The molecule has 132 valence electrons. The van der Waals surface area contributed by atoms with E-state index in [1.54, 1.807) is 37.3 Å². The molecule has 0 aliphatic heterocycles. The smallest absolute Gasteiger partial charge is 0.323 e. The second-order valence-corrected chi connectivity index (χ2v) is 5.44. The molecular weight excluding hydrogens is 324 g/mol. The Balaban J connectivity index is 2.34. The van der Waals surface area contributed by atoms with Crippen LogP contribution in [0.1, 0.15) is 21.6 Å². The molecule has 7 heteroatoms. The number of aryl methyl sites for hydroxylation is 1. The number of aromatic nitrogens is 1. The number of nitrogens with zero attached hydrogens (tertiary/aromatic N) is 2. The molecule has 0 bridgehead atoms. The van der Waals surface area contributed by atoms with Gasteiger partial charge in [-0.2, -0.15) is 0 Å². The molecule has 0 unspecified atom stereocenters. The summed E-state index contributed by atoms with van der Waals surface area (Å²) in [5, 5.41) is 9.16. The van der Waals surface area contributed by atoms with E-state index in [1.165, 1.54) is 25.3 Å². The maximum Gasteiger partial charge on any atom is 0.323 e. The highest BCUT2D eigenvalue weighted by molar-refractivity contribution is 5.95. The molecule has 1 heterocycles. The standard InChI is InChI=1S/C18H20N2O5/c1-12-5-4-6-19-17(12)18(23)20(11-16(21)22)10-13-7-14(24-2)9-15(8-13)25-3/h4-9H,10-11H2,1-3H3,(H,21,22). The SMILES string of the molecule is COc1cc(CN(CC(=O)O)C(=O)c2ncccc2C)cc(OC)c1. The summed E-state index contributed by atoms with van der Waals surface area (Å²) >= 11 is 0. The second kappa shape index (κ2) is 8.14. The van der Waals surface area contributed by atoms with E-state index in [2.05, 4.69) is 4.98 Å². The molecule has 1 N–H and O–H groups in total. The average molecular weight is 344 g/mol. The van der Waals surface area contributed by atoms with Crippen molar-refractivity contribution in [1.82, 2.24) is 9.88 Å². The van der Waals surface area contributed by atoms with E-state index >= 15 is 0 Å². The largest absolute Gasteiger partial charge is 0.497 e. The lowest BCUT2D eigenvalue weighted by atomic mass is 10.1. The minimum Gasteiger partial charge on any atom is -0.497 e. The third kappa shape index (κ3) is 4.69. The fourth-order valence-electron chi connectivity index (χ4n) is 2.40. The molecule has 25 heavy (non-hydrogen) atoms. The zero-order valence-corrected chi connectivity index (χ0v) is 14.4. The van der Waals surface area contributed by atoms with E-state index in [-0.39, 0.29) is 12.2 Å². The van der Waals surface area contributed by atoms with Crippen molar-refractivity contribution in [2.24, 2.45) is 0 Å². The average Bonchev–Trinajstić information content (AvgIpc) is 2.60. The van der Waals surface area contributed by atoms with Crippen molar-refractivity contribution in [2.75, 3.05) is 20.8 Å². The van der Waals surface area contributed by atoms with Gasteiger partial charge < -0.3 is 19.5 Å².